The Bertz CT molecular complexity index is 1460. The minimum Gasteiger partial charge on any atom is -0.456 e. The lowest BCUT2D eigenvalue weighted by Gasteiger charge is -2.57. The van der Waals surface area contributed by atoms with Gasteiger partial charge in [0.25, 0.3) is 0 Å². The van der Waals surface area contributed by atoms with E-state index in [2.05, 4.69) is 13.8 Å². The third-order valence-corrected chi connectivity index (χ3v) is 13.1. The van der Waals surface area contributed by atoms with E-state index in [1.165, 1.54) is 0 Å². The summed E-state index contributed by atoms with van der Waals surface area (Å²) in [6.07, 6.45) is -7.80. The van der Waals surface area contributed by atoms with Gasteiger partial charge >= 0.3 is 12.4 Å². The summed E-state index contributed by atoms with van der Waals surface area (Å²) in [5, 5.41) is 0. The minimum atomic E-state index is -4.82. The summed E-state index contributed by atoms with van der Waals surface area (Å²) < 4.78 is 117. The number of likely N-dealkylation sites (N-methyl/N-ethyl adjacent to an activating group) is 1. The predicted molar refractivity (Wildman–Crippen MR) is 162 cm³/mol. The highest BCUT2D eigenvalue weighted by Crippen LogP contribution is 2.63. The van der Waals surface area contributed by atoms with Gasteiger partial charge in [-0.15, -0.1) is 0 Å². The van der Waals surface area contributed by atoms with E-state index < -0.39 is 77.7 Å². The molecule has 2 saturated carbocycles. The maximum Gasteiger partial charge on any atom is 0.449 e. The monoisotopic (exact) mass is 739 g/mol. The molecule has 8 fully saturated rings. The number of alkyl halides is 6. The van der Waals surface area contributed by atoms with Crippen molar-refractivity contribution in [3.63, 3.8) is 0 Å². The zero-order valence-corrected chi connectivity index (χ0v) is 29.5. The molecule has 6 saturated heterocycles. The van der Waals surface area contributed by atoms with Gasteiger partial charge in [-0.3, -0.25) is 4.90 Å². The van der Waals surface area contributed by atoms with Crippen molar-refractivity contribution in [3.05, 3.63) is 22.7 Å². The minimum absolute atomic E-state index is 0.0425. The van der Waals surface area contributed by atoms with Gasteiger partial charge in [0.2, 0.25) is 35.7 Å². The maximum atomic E-state index is 14.6. The molecule has 8 aliphatic heterocycles. The fraction of sp³-hybridized carbons (Fsp3) is 0.886. The fourth-order valence-electron chi connectivity index (χ4n) is 10.6. The molecule has 16 heteroatoms. The quantitative estimate of drug-likeness (QED) is 0.154. The first-order valence-electron chi connectivity index (χ1n) is 18.2. The van der Waals surface area contributed by atoms with Gasteiger partial charge in [-0.25, -0.2) is 19.6 Å². The SMILES string of the molecule is C[C@@H]1CC[C@H]2C(COCCN(C)CC3=C(C(F)(F)F)O[C@@H]4OC5(C)CCC6[C@H](C)CC[C@@H]3[C@]64OO5)=C(C(F)(F)F)O[C@@H]3OC4(C)CCC1[C@]32OO4. The van der Waals surface area contributed by atoms with Crippen LogP contribution in [0, 0.1) is 35.5 Å². The third kappa shape index (κ3) is 5.67. The molecule has 0 N–H and O–H groups in total. The number of nitrogens with zero attached hydrogens (tertiary/aromatic N) is 1. The van der Waals surface area contributed by atoms with E-state index in [4.69, 9.17) is 43.2 Å². The molecule has 0 amide bonds. The maximum absolute atomic E-state index is 14.6. The van der Waals surface area contributed by atoms with Gasteiger partial charge in [-0.05, 0) is 76.8 Å². The van der Waals surface area contributed by atoms with Crippen molar-refractivity contribution in [1.29, 1.82) is 0 Å². The second-order valence-corrected chi connectivity index (χ2v) is 16.4. The van der Waals surface area contributed by atoms with Gasteiger partial charge < -0.3 is 23.7 Å². The van der Waals surface area contributed by atoms with E-state index in [0.717, 1.165) is 0 Å². The number of halogens is 6. The average Bonchev–Trinajstić information content (AvgIpc) is 3.42. The van der Waals surface area contributed by atoms with E-state index in [9.17, 15) is 26.3 Å². The van der Waals surface area contributed by atoms with Gasteiger partial charge in [0.05, 0.1) is 13.2 Å². The first kappa shape index (κ1) is 36.3. The lowest BCUT2D eigenvalue weighted by molar-refractivity contribution is -0.558. The summed E-state index contributed by atoms with van der Waals surface area (Å²) in [6, 6.07) is 0. The number of hydrogen-bond donors (Lipinski definition) is 0. The van der Waals surface area contributed by atoms with Crippen molar-refractivity contribution >= 4 is 0 Å². The van der Waals surface area contributed by atoms with Gasteiger partial charge in [0.1, 0.15) is 0 Å². The molecule has 10 rings (SSSR count). The highest BCUT2D eigenvalue weighted by atomic mass is 19.4. The Kier molecular flexibility index (Phi) is 8.67. The lowest BCUT2D eigenvalue weighted by Crippen LogP contribution is -2.67. The third-order valence-electron chi connectivity index (χ3n) is 13.1. The highest BCUT2D eigenvalue weighted by molar-refractivity contribution is 5.30. The van der Waals surface area contributed by atoms with E-state index in [1.54, 1.807) is 25.8 Å². The molecule has 288 valence electrons. The molecular weight excluding hydrogens is 692 g/mol. The second kappa shape index (κ2) is 12.2. The molecule has 4 bridgehead atoms. The summed E-state index contributed by atoms with van der Waals surface area (Å²) in [6.45, 7) is 6.94. The number of fused-ring (bicyclic) bond motifs is 4. The summed E-state index contributed by atoms with van der Waals surface area (Å²) in [5.74, 6) is -6.12. The van der Waals surface area contributed by atoms with Crippen LogP contribution in [0.2, 0.25) is 0 Å². The van der Waals surface area contributed by atoms with Crippen LogP contribution in [0.25, 0.3) is 0 Å². The van der Waals surface area contributed by atoms with Crippen LogP contribution in [-0.4, -0.2) is 86.0 Å². The van der Waals surface area contributed by atoms with Crippen molar-refractivity contribution in [2.24, 2.45) is 35.5 Å². The second-order valence-electron chi connectivity index (χ2n) is 16.4. The van der Waals surface area contributed by atoms with Crippen LogP contribution in [0.1, 0.15) is 79.1 Å². The van der Waals surface area contributed by atoms with Crippen LogP contribution >= 0.6 is 0 Å². The fourth-order valence-corrected chi connectivity index (χ4v) is 10.6. The van der Waals surface area contributed by atoms with E-state index in [-0.39, 0.29) is 54.5 Å². The highest BCUT2D eigenvalue weighted by Gasteiger charge is 2.72. The number of rotatable bonds is 7. The Balaban J connectivity index is 1.01. The van der Waals surface area contributed by atoms with Crippen LogP contribution in [-0.2, 0) is 43.2 Å². The normalized spacial score (nSPS) is 46.3. The van der Waals surface area contributed by atoms with Crippen molar-refractivity contribution in [1.82, 2.24) is 4.90 Å². The van der Waals surface area contributed by atoms with Gasteiger partial charge in [0.15, 0.2) is 11.2 Å². The molecule has 0 aromatic rings. The average molecular weight is 740 g/mol. The van der Waals surface area contributed by atoms with Crippen LogP contribution < -0.4 is 0 Å². The van der Waals surface area contributed by atoms with Crippen LogP contribution in [0.15, 0.2) is 22.7 Å². The molecule has 0 aromatic carbocycles. The standard InChI is InChI=1S/C35H47F6NO9/c1-18-6-8-24-20(26(34(36,37)38)44-28-32(24)22(18)10-12-30(3,46-28)48-50-32)16-42(5)14-15-43-17-21-25-9-7-19(2)23-11-13-31(4)47-29(33(23,25)51-49-31)45-27(21)35(39,40)41/h18-19,22-25,28-29H,6-17H2,1-5H3/t18-,19-,22?,23?,24+,25+,28-,29-,30?,31?,32-,33-/m1/s1. The molecule has 51 heavy (non-hydrogen) atoms. The number of ether oxygens (including phenoxy) is 5. The Hall–Kier alpha value is -1.66. The largest absolute Gasteiger partial charge is 0.456 e. The predicted octanol–water partition coefficient (Wildman–Crippen LogP) is 7.06. The molecule has 4 unspecified atom stereocenters. The Morgan fingerprint density at radius 1 is 0.686 bits per heavy atom. The van der Waals surface area contributed by atoms with Gasteiger partial charge in [0, 0.05) is 55.2 Å². The van der Waals surface area contributed by atoms with Crippen LogP contribution in [0.4, 0.5) is 26.3 Å². The molecule has 8 heterocycles. The molecule has 0 aromatic heterocycles. The van der Waals surface area contributed by atoms with E-state index in [0.29, 0.717) is 51.4 Å². The molecule has 10 nitrogen and oxygen atoms in total. The first-order valence-corrected chi connectivity index (χ1v) is 18.2. The zero-order valence-electron chi connectivity index (χ0n) is 29.5. The summed E-state index contributed by atoms with van der Waals surface area (Å²) >= 11 is 0. The van der Waals surface area contributed by atoms with Crippen LogP contribution in [0.3, 0.4) is 0 Å². The van der Waals surface area contributed by atoms with Crippen molar-refractivity contribution in [3.8, 4) is 0 Å². The Morgan fingerprint density at radius 3 is 1.65 bits per heavy atom. The summed E-state index contributed by atoms with van der Waals surface area (Å²) in [4.78, 5) is 25.2. The molecule has 12 atom stereocenters. The van der Waals surface area contributed by atoms with E-state index in [1.807, 2.05) is 0 Å². The molecule has 10 aliphatic rings. The molecule has 2 spiro atoms. The Morgan fingerprint density at radius 2 is 1.16 bits per heavy atom. The molecular formula is C35H47F6NO9. The van der Waals surface area contributed by atoms with Crippen LogP contribution in [0.5, 0.6) is 0 Å². The number of allylic oxidation sites excluding steroid dienone is 2. The van der Waals surface area contributed by atoms with Crippen molar-refractivity contribution in [2.75, 3.05) is 33.4 Å². The molecule has 2 aliphatic carbocycles. The topological polar surface area (TPSA) is 86.3 Å². The zero-order chi connectivity index (χ0) is 36.4. The van der Waals surface area contributed by atoms with Crippen molar-refractivity contribution in [2.45, 2.75) is 127 Å². The molecule has 0 radical (unpaired) electrons. The van der Waals surface area contributed by atoms with Crippen molar-refractivity contribution < 1.29 is 69.6 Å². The van der Waals surface area contributed by atoms with Gasteiger partial charge in [-0.1, -0.05) is 13.8 Å². The van der Waals surface area contributed by atoms with E-state index >= 15 is 0 Å². The summed E-state index contributed by atoms with van der Waals surface area (Å²) in [7, 11) is 1.64. The first-order chi connectivity index (χ1) is 23.9. The number of hydrogen-bond acceptors (Lipinski definition) is 10. The summed E-state index contributed by atoms with van der Waals surface area (Å²) in [5.41, 5.74) is -2.54. The Labute approximate surface area is 292 Å². The lowest BCUT2D eigenvalue weighted by atomic mass is 9.59. The van der Waals surface area contributed by atoms with Gasteiger partial charge in [-0.2, -0.15) is 26.3 Å². The smallest absolute Gasteiger partial charge is 0.449 e.